The number of nitrogens with zero attached hydrogens (tertiary/aromatic N) is 2. The van der Waals surface area contributed by atoms with Gasteiger partial charge in [0, 0.05) is 6.04 Å². The largest absolute Gasteiger partial charge is 0.445 e. The van der Waals surface area contributed by atoms with E-state index in [2.05, 4.69) is 0 Å². The number of hydrogen-bond acceptors (Lipinski definition) is 3. The molecule has 0 saturated carbocycles. The topological polar surface area (TPSA) is 53.3 Å². The summed E-state index contributed by atoms with van der Waals surface area (Å²) >= 11 is 0. The second kappa shape index (κ2) is 7.24. The summed E-state index contributed by atoms with van der Waals surface area (Å²) in [6.45, 7) is 0.252. The molecule has 5 heteroatoms. The Morgan fingerprint density at radius 3 is 2.78 bits per heavy atom. The van der Waals surface area contributed by atoms with Crippen LogP contribution >= 0.6 is 0 Å². The number of carbonyl (C=O) groups is 1. The third-order valence-electron chi connectivity index (χ3n) is 5.21. The summed E-state index contributed by atoms with van der Waals surface area (Å²) in [5.74, 6) is -0.415. The Labute approximate surface area is 157 Å². The monoisotopic (exact) mass is 362 g/mol. The molecule has 0 aliphatic carbocycles. The van der Waals surface area contributed by atoms with Crippen molar-refractivity contribution >= 4 is 11.7 Å². The predicted octanol–water partition coefficient (Wildman–Crippen LogP) is 4.65. The Morgan fingerprint density at radius 2 is 2.04 bits per heavy atom. The van der Waals surface area contributed by atoms with E-state index in [-0.39, 0.29) is 24.8 Å². The summed E-state index contributed by atoms with van der Waals surface area (Å²) in [5, 5.41) is 9.06. The molecule has 136 valence electrons. The minimum atomic E-state index is -0.415. The average molecular weight is 362 g/mol. The van der Waals surface area contributed by atoms with Crippen LogP contribution in [0.1, 0.15) is 36.0 Å². The molecule has 4 nitrogen and oxygen atoms in total. The summed E-state index contributed by atoms with van der Waals surface area (Å²) in [7, 11) is 0. The Balaban J connectivity index is 1.50. The highest BCUT2D eigenvalue weighted by atomic mass is 19.1. The SMILES string of the molecule is N#Cc1cc(F)cc(C2=CC3CCC(C2)N3C(=O)OCc2ccccc2)c1. The van der Waals surface area contributed by atoms with E-state index in [1.165, 1.54) is 12.1 Å². The Kier molecular flexibility index (Phi) is 4.64. The molecule has 1 fully saturated rings. The number of ether oxygens (including phenoxy) is 1. The molecule has 1 saturated heterocycles. The third-order valence-corrected chi connectivity index (χ3v) is 5.21. The van der Waals surface area contributed by atoms with Crippen molar-refractivity contribution in [2.75, 3.05) is 0 Å². The number of halogens is 1. The molecule has 0 aromatic heterocycles. The lowest BCUT2D eigenvalue weighted by Gasteiger charge is -2.33. The highest BCUT2D eigenvalue weighted by Gasteiger charge is 2.40. The van der Waals surface area contributed by atoms with Crippen molar-refractivity contribution in [3.63, 3.8) is 0 Å². The van der Waals surface area contributed by atoms with Gasteiger partial charge in [0.1, 0.15) is 12.4 Å². The van der Waals surface area contributed by atoms with Gasteiger partial charge in [-0.1, -0.05) is 36.4 Å². The Hall–Kier alpha value is -3.13. The van der Waals surface area contributed by atoms with Crippen LogP contribution < -0.4 is 0 Å². The normalized spacial score (nSPS) is 20.7. The zero-order valence-corrected chi connectivity index (χ0v) is 14.8. The van der Waals surface area contributed by atoms with Gasteiger partial charge in [0.2, 0.25) is 0 Å². The van der Waals surface area contributed by atoms with Crippen LogP contribution in [0.3, 0.4) is 0 Å². The van der Waals surface area contributed by atoms with E-state index in [0.717, 1.165) is 29.5 Å². The smallest absolute Gasteiger partial charge is 0.410 e. The molecule has 2 heterocycles. The van der Waals surface area contributed by atoms with Gasteiger partial charge < -0.3 is 4.74 Å². The van der Waals surface area contributed by atoms with Crippen LogP contribution in [-0.2, 0) is 11.3 Å². The first-order valence-corrected chi connectivity index (χ1v) is 9.05. The van der Waals surface area contributed by atoms with E-state index >= 15 is 0 Å². The fourth-order valence-electron chi connectivity index (χ4n) is 3.96. The van der Waals surface area contributed by atoms with Gasteiger partial charge in [-0.05, 0) is 54.2 Å². The molecule has 0 N–H and O–H groups in total. The summed E-state index contributed by atoms with van der Waals surface area (Å²) in [6.07, 6.45) is 4.12. The number of amides is 1. The van der Waals surface area contributed by atoms with Crippen molar-refractivity contribution in [3.8, 4) is 6.07 Å². The number of rotatable bonds is 3. The number of fused-ring (bicyclic) bond motifs is 2. The summed E-state index contributed by atoms with van der Waals surface area (Å²) in [6, 6.07) is 16.0. The van der Waals surface area contributed by atoms with E-state index in [1.807, 2.05) is 42.5 Å². The first kappa shape index (κ1) is 17.3. The lowest BCUT2D eigenvalue weighted by Crippen LogP contribution is -2.43. The first-order valence-electron chi connectivity index (χ1n) is 9.05. The molecule has 27 heavy (non-hydrogen) atoms. The number of benzene rings is 2. The number of hydrogen-bond donors (Lipinski definition) is 0. The summed E-state index contributed by atoms with van der Waals surface area (Å²) in [4.78, 5) is 14.4. The molecule has 0 spiro atoms. The fraction of sp³-hybridized carbons (Fsp3) is 0.273. The van der Waals surface area contributed by atoms with Gasteiger partial charge in [-0.25, -0.2) is 9.18 Å². The zero-order chi connectivity index (χ0) is 18.8. The van der Waals surface area contributed by atoms with Gasteiger partial charge in [0.25, 0.3) is 0 Å². The molecule has 2 aliphatic heterocycles. The molecule has 2 atom stereocenters. The van der Waals surface area contributed by atoms with Crippen LogP contribution in [0.2, 0.25) is 0 Å². The van der Waals surface area contributed by atoms with E-state index in [0.29, 0.717) is 12.0 Å². The van der Waals surface area contributed by atoms with Gasteiger partial charge in [-0.2, -0.15) is 5.26 Å². The predicted molar refractivity (Wildman–Crippen MR) is 99.0 cm³/mol. The van der Waals surface area contributed by atoms with Gasteiger partial charge in [-0.3, -0.25) is 4.90 Å². The van der Waals surface area contributed by atoms with Gasteiger partial charge in [0.15, 0.2) is 0 Å². The average Bonchev–Trinajstić information content (AvgIpc) is 2.96. The maximum atomic E-state index is 13.8. The van der Waals surface area contributed by atoms with Crippen LogP contribution in [0, 0.1) is 17.1 Å². The summed E-state index contributed by atoms with van der Waals surface area (Å²) in [5.41, 5.74) is 2.98. The zero-order valence-electron chi connectivity index (χ0n) is 14.8. The molecule has 1 amide bonds. The molecule has 2 aromatic carbocycles. The molecule has 2 aromatic rings. The summed E-state index contributed by atoms with van der Waals surface area (Å²) < 4.78 is 19.3. The van der Waals surface area contributed by atoms with Crippen molar-refractivity contribution in [2.45, 2.75) is 38.0 Å². The fourth-order valence-corrected chi connectivity index (χ4v) is 3.96. The first-order chi connectivity index (χ1) is 13.1. The van der Waals surface area contributed by atoms with Crippen molar-refractivity contribution in [1.29, 1.82) is 5.26 Å². The van der Waals surface area contributed by atoms with Gasteiger partial charge in [-0.15, -0.1) is 0 Å². The molecule has 2 unspecified atom stereocenters. The van der Waals surface area contributed by atoms with Crippen molar-refractivity contribution in [3.05, 3.63) is 77.1 Å². The Bertz CT molecular complexity index is 933. The van der Waals surface area contributed by atoms with Crippen molar-refractivity contribution < 1.29 is 13.9 Å². The van der Waals surface area contributed by atoms with Crippen LogP contribution in [0.5, 0.6) is 0 Å². The van der Waals surface area contributed by atoms with E-state index in [9.17, 15) is 9.18 Å². The highest BCUT2D eigenvalue weighted by Crippen LogP contribution is 2.39. The standard InChI is InChI=1S/C22H19FN2O2/c23-19-9-16(13-24)8-17(10-19)18-11-20-6-7-21(12-18)25(20)22(26)27-14-15-4-2-1-3-5-15/h1-5,8-11,20-21H,6-7,12,14H2. The van der Waals surface area contributed by atoms with Gasteiger partial charge >= 0.3 is 6.09 Å². The highest BCUT2D eigenvalue weighted by molar-refractivity contribution is 5.75. The molecule has 2 aliphatic rings. The molecular weight excluding hydrogens is 343 g/mol. The van der Waals surface area contributed by atoms with E-state index in [4.69, 9.17) is 10.00 Å². The third kappa shape index (κ3) is 3.56. The van der Waals surface area contributed by atoms with E-state index in [1.54, 1.807) is 11.0 Å². The van der Waals surface area contributed by atoms with Crippen LogP contribution in [0.15, 0.2) is 54.6 Å². The number of carbonyl (C=O) groups excluding carboxylic acids is 1. The van der Waals surface area contributed by atoms with Gasteiger partial charge in [0.05, 0.1) is 17.7 Å². The maximum Gasteiger partial charge on any atom is 0.410 e. The molecule has 0 radical (unpaired) electrons. The minimum absolute atomic E-state index is 0.0455. The van der Waals surface area contributed by atoms with Crippen LogP contribution in [0.4, 0.5) is 9.18 Å². The van der Waals surface area contributed by atoms with E-state index < -0.39 is 5.82 Å². The Morgan fingerprint density at radius 1 is 1.22 bits per heavy atom. The van der Waals surface area contributed by atoms with Crippen LogP contribution in [0.25, 0.3) is 5.57 Å². The quantitative estimate of drug-likeness (QED) is 0.798. The minimum Gasteiger partial charge on any atom is -0.445 e. The van der Waals surface area contributed by atoms with Crippen molar-refractivity contribution in [1.82, 2.24) is 4.90 Å². The molecular formula is C22H19FN2O2. The molecule has 2 bridgehead atoms. The lowest BCUT2D eigenvalue weighted by atomic mass is 9.94. The van der Waals surface area contributed by atoms with Crippen molar-refractivity contribution in [2.24, 2.45) is 0 Å². The number of nitriles is 1. The maximum absolute atomic E-state index is 13.8. The lowest BCUT2D eigenvalue weighted by molar-refractivity contribution is 0.0832. The second-order valence-electron chi connectivity index (χ2n) is 6.98. The second-order valence-corrected chi connectivity index (χ2v) is 6.98. The van der Waals surface area contributed by atoms with Crippen LogP contribution in [-0.4, -0.2) is 23.1 Å². The molecule has 4 rings (SSSR count).